The Kier molecular flexibility index (Phi) is 7.60. The molecule has 31 heavy (non-hydrogen) atoms. The normalized spacial score (nSPS) is 17.2. The number of carbonyl (C=O) groups excluding carboxylic acids is 2. The molecule has 0 bridgehead atoms. The van der Waals surface area contributed by atoms with E-state index >= 15 is 0 Å². The van der Waals surface area contributed by atoms with Gasteiger partial charge in [0.15, 0.2) is 0 Å². The molecule has 1 atom stereocenters. The molecule has 3 rings (SSSR count). The highest BCUT2D eigenvalue weighted by Gasteiger charge is 2.35. The molecule has 2 aromatic rings. The average molecular weight is 470 g/mol. The van der Waals surface area contributed by atoms with Crippen LogP contribution in [0.3, 0.4) is 0 Å². The molecular weight excluding hydrogens is 449 g/mol. The molecule has 2 amide bonds. The number of nitrogens with one attached hydrogen (secondary N) is 2. The second kappa shape index (κ2) is 10.2. The molecule has 2 N–H and O–H groups in total. The largest absolute Gasteiger partial charge is 0.360 e. The quantitative estimate of drug-likeness (QED) is 0.626. The molecule has 1 aliphatic heterocycles. The Morgan fingerprint density at radius 3 is 2.39 bits per heavy atom. The van der Waals surface area contributed by atoms with Crippen molar-refractivity contribution >= 4 is 33.4 Å². The van der Waals surface area contributed by atoms with E-state index in [0.717, 1.165) is 22.0 Å². The lowest BCUT2D eigenvalue weighted by Gasteiger charge is -2.34. The van der Waals surface area contributed by atoms with Crippen molar-refractivity contribution < 1.29 is 27.1 Å². The zero-order valence-electron chi connectivity index (χ0n) is 16.4. The van der Waals surface area contributed by atoms with E-state index in [0.29, 0.717) is 18.1 Å². The van der Waals surface area contributed by atoms with E-state index in [-0.39, 0.29) is 24.5 Å². The Morgan fingerprint density at radius 1 is 1.06 bits per heavy atom. The number of nitrogens with zero attached hydrogens (tertiary/aromatic N) is 1. The van der Waals surface area contributed by atoms with Gasteiger partial charge in [0.05, 0.1) is 18.0 Å². The third-order valence-electron chi connectivity index (χ3n) is 4.58. The first kappa shape index (κ1) is 23.1. The van der Waals surface area contributed by atoms with Crippen LogP contribution in [0, 0.1) is 5.82 Å². The monoisotopic (exact) mass is 469 g/mol. The van der Waals surface area contributed by atoms with Crippen LogP contribution in [0.2, 0.25) is 5.02 Å². The summed E-state index contributed by atoms with van der Waals surface area (Å²) in [6.07, 6.45) is -0.524. The number of halogens is 2. The fraction of sp³-hybridized carbons (Fsp3) is 0.300. The molecular formula is C20H21ClFN3O5S. The van der Waals surface area contributed by atoms with Crippen molar-refractivity contribution in [2.75, 3.05) is 19.7 Å². The second-order valence-electron chi connectivity index (χ2n) is 6.77. The van der Waals surface area contributed by atoms with Crippen molar-refractivity contribution in [3.63, 3.8) is 0 Å². The fourth-order valence-electron chi connectivity index (χ4n) is 2.97. The number of ether oxygens (including phenoxy) is 1. The van der Waals surface area contributed by atoms with Crippen molar-refractivity contribution in [1.29, 1.82) is 0 Å². The average Bonchev–Trinajstić information content (AvgIpc) is 2.77. The van der Waals surface area contributed by atoms with Crippen molar-refractivity contribution in [3.8, 4) is 0 Å². The molecule has 1 aliphatic rings. The topological polar surface area (TPSA) is 105 Å². The summed E-state index contributed by atoms with van der Waals surface area (Å²) in [7, 11) is -3.97. The van der Waals surface area contributed by atoms with Gasteiger partial charge in [0.2, 0.25) is 10.0 Å². The summed E-state index contributed by atoms with van der Waals surface area (Å²) in [6.45, 7) is 0.393. The Bertz CT molecular complexity index is 1030. The standard InChI is InChI=1S/C20H21ClFN3O5S/c21-15-4-2-14(3-5-15)12-23-19(26)20(27)24-13-18-25(10-1-11-30-18)31(28,29)17-8-6-16(22)7-9-17/h2-9,18H,1,10-13H2,(H,23,26)(H,24,27). The van der Waals surface area contributed by atoms with Crippen molar-refractivity contribution in [1.82, 2.24) is 14.9 Å². The third-order valence-corrected chi connectivity index (χ3v) is 6.74. The smallest absolute Gasteiger partial charge is 0.309 e. The number of hydrogen-bond acceptors (Lipinski definition) is 5. The lowest BCUT2D eigenvalue weighted by Crippen LogP contribution is -2.53. The maximum atomic E-state index is 13.1. The summed E-state index contributed by atoms with van der Waals surface area (Å²) >= 11 is 5.80. The van der Waals surface area contributed by atoms with Crippen molar-refractivity contribution in [3.05, 3.63) is 64.9 Å². The van der Waals surface area contributed by atoms with Crippen LogP contribution in [0.1, 0.15) is 12.0 Å². The van der Waals surface area contributed by atoms with E-state index in [1.54, 1.807) is 24.3 Å². The summed E-state index contributed by atoms with van der Waals surface area (Å²) in [5.74, 6) is -2.33. The molecule has 1 saturated heterocycles. The molecule has 0 saturated carbocycles. The van der Waals surface area contributed by atoms with Crippen LogP contribution in [0.4, 0.5) is 4.39 Å². The minimum Gasteiger partial charge on any atom is -0.360 e. The van der Waals surface area contributed by atoms with Gasteiger partial charge in [-0.05, 0) is 48.4 Å². The van der Waals surface area contributed by atoms with E-state index in [1.165, 1.54) is 12.1 Å². The van der Waals surface area contributed by atoms with Crippen LogP contribution in [0.5, 0.6) is 0 Å². The van der Waals surface area contributed by atoms with E-state index in [9.17, 15) is 22.4 Å². The van der Waals surface area contributed by atoms with E-state index in [4.69, 9.17) is 16.3 Å². The zero-order valence-corrected chi connectivity index (χ0v) is 18.0. The molecule has 8 nitrogen and oxygen atoms in total. The molecule has 0 radical (unpaired) electrons. The van der Waals surface area contributed by atoms with Gasteiger partial charge in [0, 0.05) is 18.1 Å². The maximum Gasteiger partial charge on any atom is 0.309 e. The number of benzene rings is 2. The van der Waals surface area contributed by atoms with E-state index < -0.39 is 33.9 Å². The summed E-state index contributed by atoms with van der Waals surface area (Å²) in [6, 6.07) is 11.2. The van der Waals surface area contributed by atoms with Gasteiger partial charge >= 0.3 is 11.8 Å². The summed E-state index contributed by atoms with van der Waals surface area (Å²) in [5.41, 5.74) is 0.762. The highest BCUT2D eigenvalue weighted by molar-refractivity contribution is 7.89. The zero-order chi connectivity index (χ0) is 22.4. The Hall–Kier alpha value is -2.53. The summed E-state index contributed by atoms with van der Waals surface area (Å²) in [5, 5.41) is 5.43. The van der Waals surface area contributed by atoms with Gasteiger partial charge in [0.1, 0.15) is 12.0 Å². The van der Waals surface area contributed by atoms with Gasteiger partial charge in [0.25, 0.3) is 0 Å². The predicted octanol–water partition coefficient (Wildman–Crippen LogP) is 1.65. The highest BCUT2D eigenvalue weighted by Crippen LogP contribution is 2.22. The van der Waals surface area contributed by atoms with Gasteiger partial charge in [-0.2, -0.15) is 4.31 Å². The first-order valence-electron chi connectivity index (χ1n) is 9.47. The van der Waals surface area contributed by atoms with Gasteiger partial charge in [-0.1, -0.05) is 23.7 Å². The van der Waals surface area contributed by atoms with Crippen molar-refractivity contribution in [2.24, 2.45) is 0 Å². The fourth-order valence-corrected chi connectivity index (χ4v) is 4.66. The lowest BCUT2D eigenvalue weighted by molar-refractivity contribution is -0.140. The van der Waals surface area contributed by atoms with Crippen LogP contribution in [0.25, 0.3) is 0 Å². The first-order chi connectivity index (χ1) is 14.8. The SMILES string of the molecule is O=C(NCc1ccc(Cl)cc1)C(=O)NCC1OCCCN1S(=O)(=O)c1ccc(F)cc1. The molecule has 166 valence electrons. The van der Waals surface area contributed by atoms with Crippen LogP contribution < -0.4 is 10.6 Å². The van der Waals surface area contributed by atoms with Crippen molar-refractivity contribution in [2.45, 2.75) is 24.1 Å². The summed E-state index contributed by atoms with van der Waals surface area (Å²) in [4.78, 5) is 24.1. The molecule has 2 aromatic carbocycles. The second-order valence-corrected chi connectivity index (χ2v) is 9.09. The molecule has 11 heteroatoms. The molecule has 0 aromatic heterocycles. The molecule has 1 heterocycles. The van der Waals surface area contributed by atoms with Gasteiger partial charge < -0.3 is 15.4 Å². The Balaban J connectivity index is 1.58. The molecule has 0 aliphatic carbocycles. The molecule has 0 spiro atoms. The number of sulfonamides is 1. The van der Waals surface area contributed by atoms with Gasteiger partial charge in [-0.25, -0.2) is 12.8 Å². The maximum absolute atomic E-state index is 13.1. The van der Waals surface area contributed by atoms with Crippen LogP contribution in [0.15, 0.2) is 53.4 Å². The molecule has 1 unspecified atom stereocenters. The van der Waals surface area contributed by atoms with E-state index in [1.807, 2.05) is 0 Å². The Morgan fingerprint density at radius 2 is 1.71 bits per heavy atom. The van der Waals surface area contributed by atoms with Gasteiger partial charge in [-0.3, -0.25) is 9.59 Å². The van der Waals surface area contributed by atoms with Crippen LogP contribution in [-0.2, 0) is 30.9 Å². The third kappa shape index (κ3) is 6.01. The number of rotatable bonds is 6. The van der Waals surface area contributed by atoms with E-state index in [2.05, 4.69) is 10.6 Å². The van der Waals surface area contributed by atoms with Crippen LogP contribution >= 0.6 is 11.6 Å². The van der Waals surface area contributed by atoms with Crippen LogP contribution in [-0.4, -0.2) is 50.5 Å². The predicted molar refractivity (Wildman–Crippen MR) is 111 cm³/mol. The minimum absolute atomic E-state index is 0.0866. The number of carbonyl (C=O) groups is 2. The number of amides is 2. The first-order valence-corrected chi connectivity index (χ1v) is 11.3. The van der Waals surface area contributed by atoms with Gasteiger partial charge in [-0.15, -0.1) is 0 Å². The molecule has 1 fully saturated rings. The number of hydrogen-bond donors (Lipinski definition) is 2. The summed E-state index contributed by atoms with van der Waals surface area (Å²) < 4.78 is 45.5. The highest BCUT2D eigenvalue weighted by atomic mass is 35.5. The minimum atomic E-state index is -3.97. The lowest BCUT2D eigenvalue weighted by atomic mass is 10.2. The Labute approximate surface area is 184 Å².